The van der Waals surface area contributed by atoms with Gasteiger partial charge in [0.25, 0.3) is 0 Å². The third kappa shape index (κ3) is 5.17. The van der Waals surface area contributed by atoms with Gasteiger partial charge in [0.15, 0.2) is 0 Å². The van der Waals surface area contributed by atoms with Crippen molar-refractivity contribution in [2.45, 2.75) is 36.4 Å². The zero-order chi connectivity index (χ0) is 19.5. The zero-order valence-electron chi connectivity index (χ0n) is 15.3. The molecule has 0 saturated carbocycles. The van der Waals surface area contributed by atoms with Crippen LogP contribution in [0.15, 0.2) is 16.3 Å². The molecular formula is C15H22N3NaO7S. The van der Waals surface area contributed by atoms with Crippen molar-refractivity contribution in [3.63, 3.8) is 0 Å². The molecule has 1 saturated heterocycles. The molecule has 27 heavy (non-hydrogen) atoms. The normalized spacial score (nSPS) is 26.0. The van der Waals surface area contributed by atoms with Crippen LogP contribution >= 0.6 is 11.8 Å². The molecule has 3 atom stereocenters. The van der Waals surface area contributed by atoms with Crippen molar-refractivity contribution in [1.82, 2.24) is 4.90 Å². The number of aliphatic hydroxyl groups excluding tert-OH is 1. The quantitative estimate of drug-likeness (QED) is 0.164. The van der Waals surface area contributed by atoms with Crippen LogP contribution in [0.25, 0.3) is 0 Å². The Bertz CT molecular complexity index is 645. The monoisotopic (exact) mass is 411 g/mol. The van der Waals surface area contributed by atoms with Crippen LogP contribution < -0.4 is 40.4 Å². The van der Waals surface area contributed by atoms with Gasteiger partial charge in [-0.15, -0.1) is 11.8 Å². The molecule has 0 aromatic heterocycles. The van der Waals surface area contributed by atoms with Crippen LogP contribution in [0.3, 0.4) is 0 Å². The van der Waals surface area contributed by atoms with E-state index in [4.69, 9.17) is 15.6 Å². The number of thioether (sulfide) groups is 1. The van der Waals surface area contributed by atoms with Gasteiger partial charge >= 0.3 is 41.5 Å². The summed E-state index contributed by atoms with van der Waals surface area (Å²) in [6.07, 6.45) is 0.478. The van der Waals surface area contributed by atoms with E-state index in [1.807, 2.05) is 0 Å². The molecule has 12 heteroatoms. The maximum Gasteiger partial charge on any atom is 1.00 e. The Morgan fingerprint density at radius 3 is 2.70 bits per heavy atom. The van der Waals surface area contributed by atoms with E-state index in [-0.39, 0.29) is 67.7 Å². The number of carboxylic acids is 2. The van der Waals surface area contributed by atoms with E-state index in [1.165, 1.54) is 18.9 Å². The molecule has 146 valence electrons. The predicted molar refractivity (Wildman–Crippen MR) is 91.3 cm³/mol. The number of ether oxygens (including phenoxy) is 1. The van der Waals surface area contributed by atoms with Crippen LogP contribution in [0.4, 0.5) is 0 Å². The fraction of sp³-hybridized carbons (Fsp3) is 0.667. The van der Waals surface area contributed by atoms with Gasteiger partial charge in [0.1, 0.15) is 17.1 Å². The number of methoxy groups -OCH3 is 1. The average Bonchev–Trinajstić information content (AvgIpc) is 2.58. The first kappa shape index (κ1) is 24.2. The third-order valence-corrected chi connectivity index (χ3v) is 5.84. The Morgan fingerprint density at radius 2 is 2.19 bits per heavy atom. The summed E-state index contributed by atoms with van der Waals surface area (Å²) in [6.45, 7) is -0.260. The van der Waals surface area contributed by atoms with Gasteiger partial charge in [-0.1, -0.05) is 0 Å². The first-order valence-corrected chi connectivity index (χ1v) is 9.04. The topological polar surface area (TPSA) is 169 Å². The molecule has 0 aliphatic carbocycles. The number of aliphatic carboxylic acids is 2. The summed E-state index contributed by atoms with van der Waals surface area (Å²) in [5, 5.41) is 39.1. The molecule has 1 unspecified atom stereocenters. The SMILES string of the molecule is CO[C@]1(N=C([O-])CCCC(N)C(=O)O)CN2C(C(=O)O)=C(CO)CS[C@@H]21.[Na+]. The number of carboxylic acid groups (broad SMARTS) is 2. The molecule has 2 aliphatic rings. The van der Waals surface area contributed by atoms with Crippen molar-refractivity contribution in [2.24, 2.45) is 10.7 Å². The number of hydrogen-bond donors (Lipinski definition) is 4. The first-order chi connectivity index (χ1) is 12.3. The Kier molecular flexibility index (Phi) is 9.06. The molecule has 2 aliphatic heterocycles. The maximum absolute atomic E-state index is 12.1. The number of rotatable bonds is 9. The van der Waals surface area contributed by atoms with Crippen LogP contribution in [0.1, 0.15) is 19.3 Å². The molecule has 1 fully saturated rings. The molecule has 0 aromatic carbocycles. The van der Waals surface area contributed by atoms with E-state index in [9.17, 15) is 24.9 Å². The predicted octanol–water partition coefficient (Wildman–Crippen LogP) is -4.61. The number of aliphatic imine (C=N–C) groups is 1. The molecule has 0 spiro atoms. The number of fused-ring (bicyclic) bond motifs is 1. The summed E-state index contributed by atoms with van der Waals surface area (Å²) < 4.78 is 5.43. The Morgan fingerprint density at radius 1 is 1.52 bits per heavy atom. The Hall–Kier alpha value is -0.820. The summed E-state index contributed by atoms with van der Waals surface area (Å²) >= 11 is 1.35. The second-order valence-corrected chi connectivity index (χ2v) is 7.17. The second kappa shape index (κ2) is 10.1. The summed E-state index contributed by atoms with van der Waals surface area (Å²) in [5.74, 6) is -2.40. The largest absolute Gasteiger partial charge is 1.00 e. The van der Waals surface area contributed by atoms with Gasteiger partial charge in [0.2, 0.25) is 5.72 Å². The summed E-state index contributed by atoms with van der Waals surface area (Å²) in [5.41, 5.74) is 4.68. The third-order valence-electron chi connectivity index (χ3n) is 4.39. The standard InChI is InChI=1S/C15H23N3O7S.Na/c1-25-15(17-10(20)4-2-3-9(16)12(21)22)7-18-11(13(23)24)8(5-19)6-26-14(15)18;/h9,14,19H,2-7,16H2,1H3,(H,17,20)(H,21,22)(H,23,24);/q;+1/p-1/t9?,14-,15-;/m1./s1. The minimum Gasteiger partial charge on any atom is -0.862 e. The summed E-state index contributed by atoms with van der Waals surface area (Å²) in [7, 11) is 1.40. The minimum absolute atomic E-state index is 0. The Balaban J connectivity index is 0.00000364. The van der Waals surface area contributed by atoms with Crippen molar-refractivity contribution >= 4 is 29.6 Å². The summed E-state index contributed by atoms with van der Waals surface area (Å²) in [4.78, 5) is 27.8. The fourth-order valence-electron chi connectivity index (χ4n) is 2.96. The van der Waals surface area contributed by atoms with Gasteiger partial charge in [-0.25, -0.2) is 4.79 Å². The number of carbonyl (C=O) groups is 2. The van der Waals surface area contributed by atoms with Gasteiger partial charge in [-0.3, -0.25) is 9.79 Å². The molecule has 2 rings (SSSR count). The minimum atomic E-state index is -1.15. The first-order valence-electron chi connectivity index (χ1n) is 7.99. The number of nitrogens with two attached hydrogens (primary N) is 1. The van der Waals surface area contributed by atoms with Crippen LogP contribution in [-0.2, 0) is 14.3 Å². The molecular weight excluding hydrogens is 389 g/mol. The number of nitrogens with zero attached hydrogens (tertiary/aromatic N) is 2. The van der Waals surface area contributed by atoms with Crippen LogP contribution in [0, 0.1) is 0 Å². The summed E-state index contributed by atoms with van der Waals surface area (Å²) in [6, 6.07) is -1.02. The van der Waals surface area contributed by atoms with Gasteiger partial charge < -0.3 is 35.8 Å². The molecule has 2 heterocycles. The van der Waals surface area contributed by atoms with E-state index < -0.39 is 35.0 Å². The van der Waals surface area contributed by atoms with Crippen molar-refractivity contribution in [2.75, 3.05) is 26.0 Å². The van der Waals surface area contributed by atoms with E-state index in [1.54, 1.807) is 4.90 Å². The fourth-order valence-corrected chi connectivity index (χ4v) is 4.39. The molecule has 10 nitrogen and oxygen atoms in total. The van der Waals surface area contributed by atoms with E-state index in [2.05, 4.69) is 4.99 Å². The van der Waals surface area contributed by atoms with Crippen LogP contribution in [-0.4, -0.2) is 81.2 Å². The van der Waals surface area contributed by atoms with Crippen molar-refractivity contribution in [1.29, 1.82) is 0 Å². The van der Waals surface area contributed by atoms with Gasteiger partial charge in [0, 0.05) is 12.9 Å². The van der Waals surface area contributed by atoms with Crippen LogP contribution in [0.5, 0.6) is 0 Å². The van der Waals surface area contributed by atoms with Crippen molar-refractivity contribution < 1.29 is 64.3 Å². The molecule has 0 aromatic rings. The molecule has 5 N–H and O–H groups in total. The van der Waals surface area contributed by atoms with Crippen molar-refractivity contribution in [3.8, 4) is 0 Å². The Labute approximate surface area is 182 Å². The van der Waals surface area contributed by atoms with Crippen LogP contribution in [0.2, 0.25) is 0 Å². The van der Waals surface area contributed by atoms with Gasteiger partial charge in [-0.2, -0.15) is 0 Å². The average molecular weight is 411 g/mol. The van der Waals surface area contributed by atoms with Gasteiger partial charge in [-0.05, 0) is 30.7 Å². The second-order valence-electron chi connectivity index (χ2n) is 6.10. The number of hydrogen-bond acceptors (Lipinski definition) is 9. The van der Waals surface area contributed by atoms with Gasteiger partial charge in [0.05, 0.1) is 13.2 Å². The molecule has 0 amide bonds. The van der Waals surface area contributed by atoms with E-state index in [0.29, 0.717) is 11.3 Å². The smallest absolute Gasteiger partial charge is 0.862 e. The number of aliphatic hydroxyl groups is 1. The maximum atomic E-state index is 12.1. The van der Waals surface area contributed by atoms with E-state index in [0.717, 1.165) is 0 Å². The zero-order valence-corrected chi connectivity index (χ0v) is 18.1. The van der Waals surface area contributed by atoms with Crippen molar-refractivity contribution in [3.05, 3.63) is 11.3 Å². The molecule has 0 bridgehead atoms. The molecule has 0 radical (unpaired) electrons. The van der Waals surface area contributed by atoms with E-state index >= 15 is 0 Å².